The molecule has 1 heterocycles. The molecule has 1 spiro atoms. The first-order valence-electron chi connectivity index (χ1n) is 9.91. The Hall–Kier alpha value is -1.50. The fourth-order valence-corrected chi connectivity index (χ4v) is 4.78. The third-order valence-corrected chi connectivity index (χ3v) is 6.69. The lowest BCUT2D eigenvalue weighted by Gasteiger charge is -2.48. The van der Waals surface area contributed by atoms with Crippen LogP contribution in [0.2, 0.25) is 0 Å². The van der Waals surface area contributed by atoms with Crippen molar-refractivity contribution >= 4 is 5.91 Å². The number of carbonyl (C=O) groups excluding carboxylic acids is 1. The predicted molar refractivity (Wildman–Crippen MR) is 99.6 cm³/mol. The Balaban J connectivity index is 1.31. The highest BCUT2D eigenvalue weighted by atomic mass is 19.1. The van der Waals surface area contributed by atoms with E-state index in [1.165, 1.54) is 5.56 Å². The summed E-state index contributed by atoms with van der Waals surface area (Å²) < 4.78 is 19.1. The number of aliphatic hydroxyl groups is 1. The largest absolute Gasteiger partial charge is 0.356 e. The number of nitrogens with one attached hydrogen (secondary N) is 1. The molecule has 148 valence electrons. The average Bonchev–Trinajstić information content (AvgIpc) is 2.94. The summed E-state index contributed by atoms with van der Waals surface area (Å²) in [5.74, 6) is 0.632. The Labute approximate surface area is 159 Å². The number of hydrogen-bond donors (Lipinski definition) is 2. The maximum Gasteiger partial charge on any atom is 0.225 e. The molecule has 4 rings (SSSR count). The molecule has 2 saturated carbocycles. The molecule has 0 radical (unpaired) electrons. The van der Waals surface area contributed by atoms with Gasteiger partial charge in [0, 0.05) is 24.5 Å². The van der Waals surface area contributed by atoms with E-state index in [1.807, 2.05) is 37.9 Å². The highest BCUT2D eigenvalue weighted by Gasteiger charge is 2.53. The molecule has 3 aliphatic rings. The fourth-order valence-electron chi connectivity index (χ4n) is 4.78. The van der Waals surface area contributed by atoms with Gasteiger partial charge < -0.3 is 14.7 Å². The van der Waals surface area contributed by atoms with Crippen molar-refractivity contribution < 1.29 is 19.0 Å². The van der Waals surface area contributed by atoms with E-state index < -0.39 is 6.41 Å². The molecule has 6 heteroatoms. The van der Waals surface area contributed by atoms with Gasteiger partial charge in [0.15, 0.2) is 0 Å². The Morgan fingerprint density at radius 2 is 2.07 bits per heavy atom. The fraction of sp³-hybridized carbons (Fsp3) is 0.667. The van der Waals surface area contributed by atoms with Gasteiger partial charge in [-0.3, -0.25) is 10.1 Å². The summed E-state index contributed by atoms with van der Waals surface area (Å²) >= 11 is 0. The summed E-state index contributed by atoms with van der Waals surface area (Å²) in [6, 6.07) is 5.71. The summed E-state index contributed by atoms with van der Waals surface area (Å²) in [6.07, 6.45) is 2.41. The molecule has 0 aromatic heterocycles. The maximum atomic E-state index is 13.9. The average molecular weight is 376 g/mol. The molecule has 3 fully saturated rings. The number of nitrogens with zero attached hydrogens (tertiary/aromatic N) is 1. The van der Waals surface area contributed by atoms with Gasteiger partial charge in [-0.05, 0) is 54.7 Å². The van der Waals surface area contributed by atoms with Crippen LogP contribution in [-0.4, -0.2) is 47.6 Å². The molecular weight excluding hydrogens is 347 g/mol. The molecule has 1 amide bonds. The minimum atomic E-state index is -0.905. The first-order valence-corrected chi connectivity index (χ1v) is 9.91. The van der Waals surface area contributed by atoms with Gasteiger partial charge in [0.1, 0.15) is 5.82 Å². The lowest BCUT2D eigenvalue weighted by atomic mass is 9.67. The molecule has 1 unspecified atom stereocenters. The summed E-state index contributed by atoms with van der Waals surface area (Å²) in [5, 5.41) is 12.5. The van der Waals surface area contributed by atoms with E-state index in [0.29, 0.717) is 12.5 Å². The van der Waals surface area contributed by atoms with Crippen LogP contribution in [-0.2, 0) is 9.53 Å². The van der Waals surface area contributed by atoms with E-state index in [1.54, 1.807) is 6.07 Å². The number of rotatable bonds is 4. The molecule has 1 aromatic rings. The zero-order valence-corrected chi connectivity index (χ0v) is 16.2. The molecule has 1 atom stereocenters. The van der Waals surface area contributed by atoms with Gasteiger partial charge in [0.05, 0.1) is 6.61 Å². The molecule has 27 heavy (non-hydrogen) atoms. The predicted octanol–water partition coefficient (Wildman–Crippen LogP) is 2.70. The molecule has 0 bridgehead atoms. The van der Waals surface area contributed by atoms with Crippen LogP contribution in [0.3, 0.4) is 0 Å². The number of aliphatic hydroxyl groups excluding tert-OH is 1. The van der Waals surface area contributed by atoms with Gasteiger partial charge in [0.25, 0.3) is 0 Å². The van der Waals surface area contributed by atoms with Crippen molar-refractivity contribution in [1.29, 1.82) is 0 Å². The summed E-state index contributed by atoms with van der Waals surface area (Å²) in [5.41, 5.74) is 1.74. The highest BCUT2D eigenvalue weighted by Crippen LogP contribution is 2.45. The van der Waals surface area contributed by atoms with Crippen molar-refractivity contribution in [3.8, 4) is 0 Å². The number of amides is 1. The van der Waals surface area contributed by atoms with Gasteiger partial charge in [-0.2, -0.15) is 0 Å². The minimum absolute atomic E-state index is 0.00816. The third kappa shape index (κ3) is 3.39. The van der Waals surface area contributed by atoms with Crippen molar-refractivity contribution in [2.75, 3.05) is 13.7 Å². The van der Waals surface area contributed by atoms with Crippen LogP contribution in [0.5, 0.6) is 0 Å². The second kappa shape index (κ2) is 6.83. The Morgan fingerprint density at radius 1 is 1.37 bits per heavy atom. The van der Waals surface area contributed by atoms with Crippen molar-refractivity contribution in [3.05, 3.63) is 35.1 Å². The lowest BCUT2D eigenvalue weighted by Crippen LogP contribution is -2.59. The molecule has 1 aromatic carbocycles. The monoisotopic (exact) mass is 376 g/mol. The third-order valence-electron chi connectivity index (χ3n) is 6.69. The van der Waals surface area contributed by atoms with Gasteiger partial charge in [-0.25, -0.2) is 4.39 Å². The number of ether oxygens (including phenoxy) is 1. The molecular formula is C21H29FN2O3. The Morgan fingerprint density at radius 3 is 2.67 bits per heavy atom. The SMILES string of the molecule is CC(C)c1cc([C@H]2C[C@@H](N(C)C(=O)[C@H]3C[C@]4(COC(O)N4)C3)C2)ccc1F. The smallest absolute Gasteiger partial charge is 0.225 e. The zero-order valence-electron chi connectivity index (χ0n) is 16.2. The summed E-state index contributed by atoms with van der Waals surface area (Å²) in [6.45, 7) is 4.48. The summed E-state index contributed by atoms with van der Waals surface area (Å²) in [4.78, 5) is 14.7. The first-order chi connectivity index (χ1) is 12.8. The van der Waals surface area contributed by atoms with Crippen LogP contribution in [0, 0.1) is 11.7 Å². The maximum absolute atomic E-state index is 13.9. The van der Waals surface area contributed by atoms with Gasteiger partial charge >= 0.3 is 0 Å². The van der Waals surface area contributed by atoms with Gasteiger partial charge in [-0.15, -0.1) is 0 Å². The van der Waals surface area contributed by atoms with Crippen molar-refractivity contribution in [1.82, 2.24) is 10.2 Å². The lowest BCUT2D eigenvalue weighted by molar-refractivity contribution is -0.143. The van der Waals surface area contributed by atoms with Crippen LogP contribution in [0.15, 0.2) is 18.2 Å². The second-order valence-corrected chi connectivity index (χ2v) is 8.90. The molecule has 2 aliphatic carbocycles. The zero-order chi connectivity index (χ0) is 19.3. The summed E-state index contributed by atoms with van der Waals surface area (Å²) in [7, 11) is 1.89. The Kier molecular flexibility index (Phi) is 4.77. The van der Waals surface area contributed by atoms with Crippen LogP contribution >= 0.6 is 0 Å². The van der Waals surface area contributed by atoms with Crippen molar-refractivity contribution in [2.45, 2.75) is 69.4 Å². The number of hydrogen-bond acceptors (Lipinski definition) is 4. The van der Waals surface area contributed by atoms with E-state index >= 15 is 0 Å². The van der Waals surface area contributed by atoms with Crippen LogP contribution in [0.4, 0.5) is 4.39 Å². The molecule has 2 N–H and O–H groups in total. The number of benzene rings is 1. The Bertz CT molecular complexity index is 726. The van der Waals surface area contributed by atoms with Crippen molar-refractivity contribution in [3.63, 3.8) is 0 Å². The normalized spacial score (nSPS) is 35.2. The topological polar surface area (TPSA) is 61.8 Å². The first kappa shape index (κ1) is 18.8. The van der Waals surface area contributed by atoms with E-state index in [9.17, 15) is 14.3 Å². The molecule has 1 aliphatic heterocycles. The van der Waals surface area contributed by atoms with Gasteiger partial charge in [-0.1, -0.05) is 26.0 Å². The van der Waals surface area contributed by atoms with Gasteiger partial charge in [0.2, 0.25) is 12.3 Å². The van der Waals surface area contributed by atoms with E-state index in [2.05, 4.69) is 5.32 Å². The quantitative estimate of drug-likeness (QED) is 0.848. The second-order valence-electron chi connectivity index (χ2n) is 8.90. The van der Waals surface area contributed by atoms with Crippen LogP contribution in [0.1, 0.15) is 62.5 Å². The highest BCUT2D eigenvalue weighted by molar-refractivity contribution is 5.80. The molecule has 5 nitrogen and oxygen atoms in total. The van der Waals surface area contributed by atoms with E-state index in [4.69, 9.17) is 4.74 Å². The minimum Gasteiger partial charge on any atom is -0.356 e. The molecule has 1 saturated heterocycles. The number of halogens is 1. The van der Waals surface area contributed by atoms with Crippen LogP contribution in [0.25, 0.3) is 0 Å². The van der Waals surface area contributed by atoms with Crippen LogP contribution < -0.4 is 5.32 Å². The van der Waals surface area contributed by atoms with E-state index in [0.717, 1.165) is 31.2 Å². The number of carbonyl (C=O) groups is 1. The van der Waals surface area contributed by atoms with Crippen molar-refractivity contribution in [2.24, 2.45) is 5.92 Å². The van der Waals surface area contributed by atoms with E-state index in [-0.39, 0.29) is 35.1 Å². The standard InChI is InChI=1S/C21H29FN2O3/c1-12(2)17-8-13(4-5-18(17)22)14-6-16(7-14)24(3)19(25)15-9-21(10-15)11-27-20(26)23-21/h4-5,8,12,14-16,20,23,26H,6-7,9-11H2,1-3H3/t14-,15-,16+,20?,21+.